The highest BCUT2D eigenvalue weighted by atomic mass is 16.5. The number of aromatic nitrogens is 2. The van der Waals surface area contributed by atoms with E-state index in [4.69, 9.17) is 26.0 Å². The van der Waals surface area contributed by atoms with Gasteiger partial charge in [-0.2, -0.15) is 0 Å². The predicted molar refractivity (Wildman–Crippen MR) is 92.2 cm³/mol. The number of hydrogen-bond donors (Lipinski definition) is 3. The lowest BCUT2D eigenvalue weighted by atomic mass is 10.2. The van der Waals surface area contributed by atoms with Crippen LogP contribution in [0.1, 0.15) is 31.2 Å². The van der Waals surface area contributed by atoms with E-state index in [2.05, 4.69) is 9.97 Å². The minimum atomic E-state index is -0.0583. The van der Waals surface area contributed by atoms with E-state index in [0.29, 0.717) is 41.8 Å². The first-order valence-electron chi connectivity index (χ1n) is 7.64. The van der Waals surface area contributed by atoms with Crippen LogP contribution in [-0.2, 0) is 0 Å². The molecule has 0 unspecified atom stereocenters. The summed E-state index contributed by atoms with van der Waals surface area (Å²) < 4.78 is 11.2. The molecule has 0 saturated carbocycles. The van der Waals surface area contributed by atoms with Crippen molar-refractivity contribution in [2.75, 3.05) is 13.2 Å². The summed E-state index contributed by atoms with van der Waals surface area (Å²) in [5.74, 6) is 1.30. The molecular weight excluding hydrogens is 306 g/mol. The second kappa shape index (κ2) is 8.61. The Kier molecular flexibility index (Phi) is 6.24. The fourth-order valence-electron chi connectivity index (χ4n) is 1.90. The van der Waals surface area contributed by atoms with Gasteiger partial charge in [0.15, 0.2) is 0 Å². The lowest BCUT2D eigenvalue weighted by Gasteiger charge is -2.08. The Bertz CT molecular complexity index is 622. The summed E-state index contributed by atoms with van der Waals surface area (Å²) in [6, 6.07) is 7.00. The molecule has 7 heteroatoms. The fourth-order valence-corrected chi connectivity index (χ4v) is 1.90. The molecule has 0 aromatic carbocycles. The van der Waals surface area contributed by atoms with Gasteiger partial charge in [-0.05, 0) is 44.0 Å². The number of nitrogens with one attached hydrogen (secondary N) is 2. The first-order valence-corrected chi connectivity index (χ1v) is 7.64. The number of pyridine rings is 2. The third kappa shape index (κ3) is 5.35. The largest absolute Gasteiger partial charge is 0.492 e. The zero-order valence-electron chi connectivity index (χ0n) is 13.6. The Balaban J connectivity index is 1.62. The van der Waals surface area contributed by atoms with Gasteiger partial charge in [0, 0.05) is 0 Å². The van der Waals surface area contributed by atoms with Crippen LogP contribution in [0, 0.1) is 10.8 Å². The number of hydrogen-bond acceptors (Lipinski definition) is 6. The molecule has 0 saturated heterocycles. The van der Waals surface area contributed by atoms with Gasteiger partial charge in [-0.15, -0.1) is 0 Å². The van der Waals surface area contributed by atoms with Crippen molar-refractivity contribution in [3.05, 3.63) is 48.0 Å². The Morgan fingerprint density at radius 1 is 0.917 bits per heavy atom. The standard InChI is InChI=1S/C17H21N5O2/c1-12(18)15-6-4-13(10-21-15)23-8-2-3-9-24-14-5-7-16(17(19)20)22-11-14/h4-7,10-11,18H,2-3,8-9H2,1H3,(H3,19,20). The predicted octanol–water partition coefficient (Wildman–Crippen LogP) is 2.39. The number of ether oxygens (including phenoxy) is 2. The van der Waals surface area contributed by atoms with E-state index in [1.54, 1.807) is 37.5 Å². The van der Waals surface area contributed by atoms with Gasteiger partial charge in [-0.25, -0.2) is 4.98 Å². The topological polar surface area (TPSA) is 118 Å². The molecule has 0 fully saturated rings. The van der Waals surface area contributed by atoms with Gasteiger partial charge in [-0.1, -0.05) is 0 Å². The van der Waals surface area contributed by atoms with Crippen LogP contribution in [-0.4, -0.2) is 34.7 Å². The Labute approximate surface area is 140 Å². The lowest BCUT2D eigenvalue weighted by molar-refractivity contribution is 0.265. The average Bonchev–Trinajstić information content (AvgIpc) is 2.58. The molecule has 2 aromatic rings. The highest BCUT2D eigenvalue weighted by Gasteiger charge is 2.01. The quantitative estimate of drug-likeness (QED) is 0.371. The van der Waals surface area contributed by atoms with Crippen LogP contribution < -0.4 is 15.2 Å². The Hall–Kier alpha value is -2.96. The van der Waals surface area contributed by atoms with Crippen molar-refractivity contribution in [1.29, 1.82) is 10.8 Å². The number of nitrogens with zero attached hydrogens (tertiary/aromatic N) is 2. The van der Waals surface area contributed by atoms with Crippen molar-refractivity contribution in [1.82, 2.24) is 9.97 Å². The summed E-state index contributed by atoms with van der Waals surface area (Å²) in [4.78, 5) is 8.18. The zero-order valence-corrected chi connectivity index (χ0v) is 13.6. The van der Waals surface area contributed by atoms with Crippen molar-refractivity contribution >= 4 is 11.5 Å². The first kappa shape index (κ1) is 17.4. The molecule has 0 spiro atoms. The minimum absolute atomic E-state index is 0.0583. The average molecular weight is 327 g/mol. The number of nitrogens with two attached hydrogens (primary N) is 1. The summed E-state index contributed by atoms with van der Waals surface area (Å²) in [5, 5.41) is 14.8. The van der Waals surface area contributed by atoms with Crippen molar-refractivity contribution in [3.63, 3.8) is 0 Å². The molecule has 0 atom stereocenters. The van der Waals surface area contributed by atoms with Gasteiger partial charge in [0.25, 0.3) is 0 Å². The van der Waals surface area contributed by atoms with E-state index in [0.717, 1.165) is 12.8 Å². The van der Waals surface area contributed by atoms with Gasteiger partial charge in [0.1, 0.15) is 23.0 Å². The second-order valence-corrected chi connectivity index (χ2v) is 5.20. The highest BCUT2D eigenvalue weighted by molar-refractivity contribution is 5.94. The molecular formula is C17H21N5O2. The van der Waals surface area contributed by atoms with E-state index in [9.17, 15) is 0 Å². The van der Waals surface area contributed by atoms with E-state index in [1.165, 1.54) is 0 Å². The third-order valence-corrected chi connectivity index (χ3v) is 3.21. The summed E-state index contributed by atoms with van der Waals surface area (Å²) in [6.07, 6.45) is 4.89. The van der Waals surface area contributed by atoms with E-state index >= 15 is 0 Å². The molecule has 0 aliphatic rings. The van der Waals surface area contributed by atoms with Crippen molar-refractivity contribution in [2.24, 2.45) is 5.73 Å². The van der Waals surface area contributed by atoms with E-state index < -0.39 is 0 Å². The maximum atomic E-state index is 7.49. The van der Waals surface area contributed by atoms with Crippen LogP contribution in [0.2, 0.25) is 0 Å². The van der Waals surface area contributed by atoms with Gasteiger partial charge >= 0.3 is 0 Å². The maximum Gasteiger partial charge on any atom is 0.141 e. The van der Waals surface area contributed by atoms with E-state index in [1.807, 2.05) is 6.07 Å². The normalized spacial score (nSPS) is 10.2. The molecule has 7 nitrogen and oxygen atoms in total. The van der Waals surface area contributed by atoms with Gasteiger partial charge < -0.3 is 20.6 Å². The molecule has 0 aliphatic heterocycles. The molecule has 24 heavy (non-hydrogen) atoms. The molecule has 0 amide bonds. The van der Waals surface area contributed by atoms with Gasteiger partial charge in [-0.3, -0.25) is 10.4 Å². The molecule has 126 valence electrons. The molecule has 4 N–H and O–H groups in total. The van der Waals surface area contributed by atoms with Crippen molar-refractivity contribution in [2.45, 2.75) is 19.8 Å². The molecule has 2 heterocycles. The molecule has 0 bridgehead atoms. The molecule has 0 aliphatic carbocycles. The number of amidine groups is 1. The van der Waals surface area contributed by atoms with Gasteiger partial charge in [0.2, 0.25) is 0 Å². The SMILES string of the molecule is CC(=N)c1ccc(OCCCCOc2ccc(C(=N)N)nc2)cn1. The van der Waals surface area contributed by atoms with E-state index in [-0.39, 0.29) is 5.84 Å². The van der Waals surface area contributed by atoms with Crippen LogP contribution in [0.15, 0.2) is 36.7 Å². The Morgan fingerprint density at radius 3 is 1.79 bits per heavy atom. The second-order valence-electron chi connectivity index (χ2n) is 5.20. The molecule has 2 aromatic heterocycles. The maximum absolute atomic E-state index is 7.49. The monoisotopic (exact) mass is 327 g/mol. The fraction of sp³-hybridized carbons (Fsp3) is 0.294. The van der Waals surface area contributed by atoms with Gasteiger partial charge in [0.05, 0.1) is 37.0 Å². The van der Waals surface area contributed by atoms with Crippen LogP contribution >= 0.6 is 0 Å². The Morgan fingerprint density at radius 2 is 1.42 bits per heavy atom. The summed E-state index contributed by atoms with van der Waals surface area (Å²) >= 11 is 0. The van der Waals surface area contributed by atoms with Crippen molar-refractivity contribution in [3.8, 4) is 11.5 Å². The highest BCUT2D eigenvalue weighted by Crippen LogP contribution is 2.11. The zero-order chi connectivity index (χ0) is 17.4. The first-order chi connectivity index (χ1) is 11.6. The van der Waals surface area contributed by atoms with Crippen LogP contribution in [0.3, 0.4) is 0 Å². The third-order valence-electron chi connectivity index (χ3n) is 3.21. The van der Waals surface area contributed by atoms with Crippen LogP contribution in [0.5, 0.6) is 11.5 Å². The van der Waals surface area contributed by atoms with Crippen LogP contribution in [0.25, 0.3) is 0 Å². The van der Waals surface area contributed by atoms with Crippen LogP contribution in [0.4, 0.5) is 0 Å². The number of rotatable bonds is 9. The summed E-state index contributed by atoms with van der Waals surface area (Å²) in [7, 11) is 0. The lowest BCUT2D eigenvalue weighted by Crippen LogP contribution is -2.12. The summed E-state index contributed by atoms with van der Waals surface area (Å²) in [5.41, 5.74) is 6.87. The smallest absolute Gasteiger partial charge is 0.141 e. The minimum Gasteiger partial charge on any atom is -0.492 e. The van der Waals surface area contributed by atoms with Crippen molar-refractivity contribution < 1.29 is 9.47 Å². The summed E-state index contributed by atoms with van der Waals surface area (Å²) in [6.45, 7) is 2.84. The number of nitrogen functional groups attached to an aromatic ring is 1. The number of unbranched alkanes of at least 4 members (excludes halogenated alkanes) is 1. The molecule has 0 radical (unpaired) electrons. The molecule has 2 rings (SSSR count).